The normalized spacial score (nSPS) is 29.1. The SMILES string of the molecule is O=C1C(Cc2ccc(-c3cccnc3)cc2Cl)CCN1[C@H]1C[C@@H]2C=C[C@H]1C2. The van der Waals surface area contributed by atoms with E-state index in [2.05, 4.69) is 34.2 Å². The molecule has 4 heteroatoms. The van der Waals surface area contributed by atoms with Crippen molar-refractivity contribution in [1.29, 1.82) is 0 Å². The van der Waals surface area contributed by atoms with Gasteiger partial charge in [-0.15, -0.1) is 0 Å². The molecule has 4 atom stereocenters. The average molecular weight is 379 g/mol. The summed E-state index contributed by atoms with van der Waals surface area (Å²) in [5.41, 5.74) is 3.18. The zero-order valence-electron chi connectivity index (χ0n) is 15.2. The van der Waals surface area contributed by atoms with Crippen molar-refractivity contribution in [1.82, 2.24) is 9.88 Å². The number of hydrogen-bond donors (Lipinski definition) is 0. The third-order valence-electron chi connectivity index (χ3n) is 6.51. The first-order valence-electron chi connectivity index (χ1n) is 9.86. The van der Waals surface area contributed by atoms with Crippen molar-refractivity contribution in [3.05, 3.63) is 65.5 Å². The number of nitrogens with zero attached hydrogens (tertiary/aromatic N) is 2. The van der Waals surface area contributed by atoms with E-state index in [4.69, 9.17) is 11.6 Å². The van der Waals surface area contributed by atoms with Crippen LogP contribution in [0.25, 0.3) is 11.1 Å². The third-order valence-corrected chi connectivity index (χ3v) is 6.86. The van der Waals surface area contributed by atoms with Gasteiger partial charge in [0.25, 0.3) is 0 Å². The minimum Gasteiger partial charge on any atom is -0.339 e. The third kappa shape index (κ3) is 3.08. The summed E-state index contributed by atoms with van der Waals surface area (Å²) in [6, 6.07) is 10.5. The van der Waals surface area contributed by atoms with Crippen LogP contribution >= 0.6 is 11.6 Å². The minimum atomic E-state index is 0.0647. The highest BCUT2D eigenvalue weighted by Gasteiger charge is 2.44. The zero-order chi connectivity index (χ0) is 18.4. The van der Waals surface area contributed by atoms with Gasteiger partial charge in [-0.3, -0.25) is 9.78 Å². The van der Waals surface area contributed by atoms with E-state index in [1.165, 1.54) is 6.42 Å². The predicted molar refractivity (Wildman–Crippen MR) is 107 cm³/mol. The Morgan fingerprint density at radius 2 is 2.07 bits per heavy atom. The van der Waals surface area contributed by atoms with Crippen molar-refractivity contribution in [3.63, 3.8) is 0 Å². The Morgan fingerprint density at radius 3 is 2.78 bits per heavy atom. The second kappa shape index (κ2) is 6.79. The fourth-order valence-electron chi connectivity index (χ4n) is 5.08. The summed E-state index contributed by atoms with van der Waals surface area (Å²) in [5.74, 6) is 1.67. The number of amides is 1. The largest absolute Gasteiger partial charge is 0.339 e. The molecule has 0 radical (unpaired) electrons. The second-order valence-corrected chi connectivity index (χ2v) is 8.52. The molecule has 0 N–H and O–H groups in total. The Kier molecular flexibility index (Phi) is 4.28. The molecule has 1 saturated heterocycles. The van der Waals surface area contributed by atoms with Crippen LogP contribution in [-0.4, -0.2) is 28.4 Å². The van der Waals surface area contributed by atoms with E-state index in [9.17, 15) is 4.79 Å². The lowest BCUT2D eigenvalue weighted by molar-refractivity contribution is -0.133. The van der Waals surface area contributed by atoms with Crippen LogP contribution in [0.1, 0.15) is 24.8 Å². The van der Waals surface area contributed by atoms with Gasteiger partial charge < -0.3 is 4.90 Å². The Hall–Kier alpha value is -2.13. The van der Waals surface area contributed by atoms with Crippen LogP contribution in [0.2, 0.25) is 5.02 Å². The fourth-order valence-corrected chi connectivity index (χ4v) is 5.34. The van der Waals surface area contributed by atoms with Crippen LogP contribution in [-0.2, 0) is 11.2 Å². The van der Waals surface area contributed by atoms with Gasteiger partial charge in [0.1, 0.15) is 0 Å². The van der Waals surface area contributed by atoms with Gasteiger partial charge in [0.05, 0.1) is 0 Å². The standard InChI is InChI=1S/C23H23ClN2O/c24-21-13-16(20-2-1-8-25-14-20)5-6-17(21)12-19-7-9-26(23(19)27)22-11-15-3-4-18(22)10-15/h1-6,8,13-15,18-19,22H,7,9-12H2/t15-,18+,19?,22+/m1/s1. The summed E-state index contributed by atoms with van der Waals surface area (Å²) in [6.07, 6.45) is 12.3. The number of rotatable bonds is 4. The summed E-state index contributed by atoms with van der Waals surface area (Å²) in [6.45, 7) is 0.899. The molecule has 1 aromatic carbocycles. The van der Waals surface area contributed by atoms with E-state index in [0.717, 1.165) is 47.5 Å². The van der Waals surface area contributed by atoms with Crippen molar-refractivity contribution < 1.29 is 4.79 Å². The number of benzene rings is 1. The highest BCUT2D eigenvalue weighted by Crippen LogP contribution is 2.43. The molecule has 3 aliphatic rings. The maximum Gasteiger partial charge on any atom is 0.226 e. The van der Waals surface area contributed by atoms with Gasteiger partial charge >= 0.3 is 0 Å². The number of carbonyl (C=O) groups is 1. The van der Waals surface area contributed by atoms with Crippen molar-refractivity contribution in [3.8, 4) is 11.1 Å². The Balaban J connectivity index is 1.30. The van der Waals surface area contributed by atoms with Crippen LogP contribution in [0.15, 0.2) is 54.9 Å². The number of halogens is 1. The quantitative estimate of drug-likeness (QED) is 0.719. The highest BCUT2D eigenvalue weighted by atomic mass is 35.5. The molecular weight excluding hydrogens is 356 g/mol. The van der Waals surface area contributed by atoms with Crippen LogP contribution in [0.4, 0.5) is 0 Å². The molecule has 27 heavy (non-hydrogen) atoms. The van der Waals surface area contributed by atoms with E-state index in [-0.39, 0.29) is 5.92 Å². The predicted octanol–water partition coefficient (Wildman–Crippen LogP) is 4.76. The number of likely N-dealkylation sites (tertiary alicyclic amines) is 1. The molecule has 2 heterocycles. The fraction of sp³-hybridized carbons (Fsp3) is 0.391. The molecule has 1 aliphatic heterocycles. The smallest absolute Gasteiger partial charge is 0.226 e. The van der Waals surface area contributed by atoms with Gasteiger partial charge in [0, 0.05) is 41.5 Å². The molecule has 1 saturated carbocycles. The van der Waals surface area contributed by atoms with Gasteiger partial charge in [0.15, 0.2) is 0 Å². The van der Waals surface area contributed by atoms with E-state index in [1.807, 2.05) is 24.4 Å². The second-order valence-electron chi connectivity index (χ2n) is 8.12. The lowest BCUT2D eigenvalue weighted by Gasteiger charge is -2.29. The van der Waals surface area contributed by atoms with Gasteiger partial charge in [-0.2, -0.15) is 0 Å². The Bertz CT molecular complexity index is 895. The van der Waals surface area contributed by atoms with E-state index >= 15 is 0 Å². The van der Waals surface area contributed by atoms with Crippen LogP contribution < -0.4 is 0 Å². The summed E-state index contributed by atoms with van der Waals surface area (Å²) >= 11 is 6.57. The molecule has 2 bridgehead atoms. The zero-order valence-corrected chi connectivity index (χ0v) is 16.0. The molecule has 3 nitrogen and oxygen atoms in total. The van der Waals surface area contributed by atoms with Crippen molar-refractivity contribution in [2.75, 3.05) is 6.54 Å². The molecule has 2 aliphatic carbocycles. The first kappa shape index (κ1) is 17.0. The monoisotopic (exact) mass is 378 g/mol. The molecule has 0 spiro atoms. The molecule has 1 amide bonds. The molecule has 1 aromatic heterocycles. The van der Waals surface area contributed by atoms with Crippen LogP contribution in [0.3, 0.4) is 0 Å². The van der Waals surface area contributed by atoms with Crippen molar-refractivity contribution >= 4 is 17.5 Å². The molecule has 2 fully saturated rings. The summed E-state index contributed by atoms with van der Waals surface area (Å²) in [7, 11) is 0. The summed E-state index contributed by atoms with van der Waals surface area (Å²) in [5, 5.41) is 0.741. The maximum atomic E-state index is 13.0. The van der Waals surface area contributed by atoms with Crippen molar-refractivity contribution in [2.45, 2.75) is 31.7 Å². The number of pyridine rings is 1. The van der Waals surface area contributed by atoms with Crippen LogP contribution in [0.5, 0.6) is 0 Å². The van der Waals surface area contributed by atoms with Gasteiger partial charge in [-0.25, -0.2) is 0 Å². The van der Waals surface area contributed by atoms with Gasteiger partial charge in [0.2, 0.25) is 5.91 Å². The molecule has 5 rings (SSSR count). The molecule has 138 valence electrons. The van der Waals surface area contributed by atoms with E-state index < -0.39 is 0 Å². The highest BCUT2D eigenvalue weighted by molar-refractivity contribution is 6.31. The number of aromatic nitrogens is 1. The first-order valence-corrected chi connectivity index (χ1v) is 10.2. The number of allylic oxidation sites excluding steroid dienone is 1. The Labute approximate surface area is 165 Å². The van der Waals surface area contributed by atoms with E-state index in [0.29, 0.717) is 23.8 Å². The number of fused-ring (bicyclic) bond motifs is 2. The van der Waals surface area contributed by atoms with Crippen molar-refractivity contribution in [2.24, 2.45) is 17.8 Å². The molecule has 1 unspecified atom stereocenters. The first-order chi connectivity index (χ1) is 13.2. The number of carbonyl (C=O) groups excluding carboxylic acids is 1. The lowest BCUT2D eigenvalue weighted by atomic mass is 9.95. The topological polar surface area (TPSA) is 33.2 Å². The van der Waals surface area contributed by atoms with Crippen LogP contribution in [0, 0.1) is 17.8 Å². The molecule has 2 aromatic rings. The lowest BCUT2D eigenvalue weighted by Crippen LogP contribution is -2.40. The number of hydrogen-bond acceptors (Lipinski definition) is 2. The maximum absolute atomic E-state index is 13.0. The minimum absolute atomic E-state index is 0.0647. The van der Waals surface area contributed by atoms with Gasteiger partial charge in [-0.1, -0.05) is 42.0 Å². The summed E-state index contributed by atoms with van der Waals surface area (Å²) in [4.78, 5) is 19.4. The molecular formula is C23H23ClN2O. The summed E-state index contributed by atoms with van der Waals surface area (Å²) < 4.78 is 0. The van der Waals surface area contributed by atoms with Gasteiger partial charge in [-0.05, 0) is 60.8 Å². The average Bonchev–Trinajstić information content (AvgIpc) is 3.40. The van der Waals surface area contributed by atoms with E-state index in [1.54, 1.807) is 6.20 Å². The Morgan fingerprint density at radius 1 is 1.15 bits per heavy atom.